The summed E-state index contributed by atoms with van der Waals surface area (Å²) in [6, 6.07) is 7.94. The zero-order valence-corrected chi connectivity index (χ0v) is 10.8. The van der Waals surface area contributed by atoms with Crippen LogP contribution in [-0.4, -0.2) is 25.2 Å². The van der Waals surface area contributed by atoms with Gasteiger partial charge in [0.1, 0.15) is 6.04 Å². The van der Waals surface area contributed by atoms with Crippen molar-refractivity contribution in [2.45, 2.75) is 19.9 Å². The molecule has 0 bridgehead atoms. The number of hydrogen-bond donors (Lipinski definition) is 2. The lowest BCUT2D eigenvalue weighted by molar-refractivity contribution is -0.143. The molecule has 0 aromatic heterocycles. The summed E-state index contributed by atoms with van der Waals surface area (Å²) in [5.41, 5.74) is 0.669. The fourth-order valence-corrected chi connectivity index (χ4v) is 1.45. The van der Waals surface area contributed by atoms with Crippen LogP contribution < -0.4 is 10.6 Å². The van der Waals surface area contributed by atoms with E-state index in [1.807, 2.05) is 32.0 Å². The molecule has 5 nitrogen and oxygen atoms in total. The minimum absolute atomic E-state index is 0.0426. The van der Waals surface area contributed by atoms with Crippen LogP contribution in [-0.2, 0) is 9.53 Å². The van der Waals surface area contributed by atoms with E-state index >= 15 is 0 Å². The molecule has 0 aliphatic carbocycles. The van der Waals surface area contributed by atoms with Gasteiger partial charge in [0.2, 0.25) is 0 Å². The Labute approximate surface area is 107 Å². The first-order chi connectivity index (χ1) is 8.54. The van der Waals surface area contributed by atoms with Crippen molar-refractivity contribution in [1.29, 1.82) is 0 Å². The first kappa shape index (κ1) is 14.0. The number of amides is 2. The van der Waals surface area contributed by atoms with E-state index in [0.717, 1.165) is 0 Å². The monoisotopic (exact) mass is 250 g/mol. The number of methoxy groups -OCH3 is 1. The molecular formula is C13H18N2O3. The SMILES string of the molecule is COC(=O)[C@H](NC(=O)Nc1ccccc1)C(C)C. The highest BCUT2D eigenvalue weighted by atomic mass is 16.5. The third kappa shape index (κ3) is 4.08. The number of esters is 1. The lowest BCUT2D eigenvalue weighted by atomic mass is 10.1. The van der Waals surface area contributed by atoms with Gasteiger partial charge in [0.25, 0.3) is 0 Å². The van der Waals surface area contributed by atoms with Gasteiger partial charge in [0.15, 0.2) is 0 Å². The smallest absolute Gasteiger partial charge is 0.328 e. The number of urea groups is 1. The van der Waals surface area contributed by atoms with E-state index in [1.54, 1.807) is 12.1 Å². The summed E-state index contributed by atoms with van der Waals surface area (Å²) in [5, 5.41) is 5.24. The van der Waals surface area contributed by atoms with E-state index < -0.39 is 18.0 Å². The predicted octanol–water partition coefficient (Wildman–Crippen LogP) is 2.01. The van der Waals surface area contributed by atoms with Crippen molar-refractivity contribution in [2.24, 2.45) is 5.92 Å². The maximum atomic E-state index is 11.7. The Hall–Kier alpha value is -2.04. The summed E-state index contributed by atoms with van der Waals surface area (Å²) in [5.74, 6) is -0.493. The highest BCUT2D eigenvalue weighted by molar-refractivity contribution is 5.92. The lowest BCUT2D eigenvalue weighted by Gasteiger charge is -2.20. The molecule has 1 aromatic carbocycles. The van der Waals surface area contributed by atoms with Crippen molar-refractivity contribution in [3.63, 3.8) is 0 Å². The van der Waals surface area contributed by atoms with E-state index in [9.17, 15) is 9.59 Å². The van der Waals surface area contributed by atoms with Crippen LogP contribution in [0, 0.1) is 5.92 Å². The van der Waals surface area contributed by atoms with Gasteiger partial charge in [-0.1, -0.05) is 32.0 Å². The second-order valence-corrected chi connectivity index (χ2v) is 4.21. The number of hydrogen-bond acceptors (Lipinski definition) is 3. The van der Waals surface area contributed by atoms with Crippen molar-refractivity contribution in [3.8, 4) is 0 Å². The molecule has 98 valence electrons. The predicted molar refractivity (Wildman–Crippen MR) is 69.2 cm³/mol. The number of ether oxygens (including phenoxy) is 1. The molecule has 1 aromatic rings. The molecule has 0 fully saturated rings. The molecule has 0 unspecified atom stereocenters. The molecule has 2 amide bonds. The molecule has 1 rings (SSSR count). The van der Waals surface area contributed by atoms with E-state index in [2.05, 4.69) is 15.4 Å². The number of nitrogens with one attached hydrogen (secondary N) is 2. The Morgan fingerprint density at radius 3 is 2.28 bits per heavy atom. The van der Waals surface area contributed by atoms with Gasteiger partial charge in [0, 0.05) is 5.69 Å². The molecule has 1 atom stereocenters. The van der Waals surface area contributed by atoms with Crippen LogP contribution in [0.3, 0.4) is 0 Å². The van der Waals surface area contributed by atoms with Crippen LogP contribution in [0.5, 0.6) is 0 Å². The standard InChI is InChI=1S/C13H18N2O3/c1-9(2)11(12(16)18-3)15-13(17)14-10-7-5-4-6-8-10/h4-9,11H,1-3H3,(H2,14,15,17)/t11-/m1/s1. The number of para-hydroxylation sites is 1. The van der Waals surface area contributed by atoms with Gasteiger partial charge >= 0.3 is 12.0 Å². The minimum atomic E-state index is -0.654. The summed E-state index contributed by atoms with van der Waals surface area (Å²) in [4.78, 5) is 23.2. The first-order valence-electron chi connectivity index (χ1n) is 5.75. The van der Waals surface area contributed by atoms with Gasteiger partial charge in [-0.2, -0.15) is 0 Å². The van der Waals surface area contributed by atoms with Crippen LogP contribution >= 0.6 is 0 Å². The van der Waals surface area contributed by atoms with Crippen LogP contribution in [0.25, 0.3) is 0 Å². The quantitative estimate of drug-likeness (QED) is 0.803. The lowest BCUT2D eigenvalue weighted by Crippen LogP contribution is -2.46. The average Bonchev–Trinajstić information content (AvgIpc) is 2.36. The van der Waals surface area contributed by atoms with Crippen LogP contribution in [0.2, 0.25) is 0 Å². The number of anilines is 1. The fourth-order valence-electron chi connectivity index (χ4n) is 1.45. The molecule has 0 aliphatic rings. The Kier molecular flexibility index (Phi) is 5.17. The molecule has 2 N–H and O–H groups in total. The molecule has 0 heterocycles. The molecule has 0 saturated carbocycles. The highest BCUT2D eigenvalue weighted by Gasteiger charge is 2.24. The molecule has 0 saturated heterocycles. The summed E-state index contributed by atoms with van der Waals surface area (Å²) in [6.07, 6.45) is 0. The van der Waals surface area contributed by atoms with Gasteiger partial charge in [0.05, 0.1) is 7.11 Å². The summed E-state index contributed by atoms with van der Waals surface area (Å²) < 4.78 is 4.64. The molecule has 0 radical (unpaired) electrons. The molecule has 0 spiro atoms. The maximum absolute atomic E-state index is 11.7. The van der Waals surface area contributed by atoms with Crippen molar-refractivity contribution in [2.75, 3.05) is 12.4 Å². The highest BCUT2D eigenvalue weighted by Crippen LogP contribution is 2.07. The largest absolute Gasteiger partial charge is 0.467 e. The minimum Gasteiger partial charge on any atom is -0.467 e. The van der Waals surface area contributed by atoms with Gasteiger partial charge in [-0.3, -0.25) is 0 Å². The summed E-state index contributed by atoms with van der Waals surface area (Å²) in [7, 11) is 1.30. The van der Waals surface area contributed by atoms with Crippen molar-refractivity contribution in [3.05, 3.63) is 30.3 Å². The van der Waals surface area contributed by atoms with E-state index in [1.165, 1.54) is 7.11 Å². The number of rotatable bonds is 4. The van der Waals surface area contributed by atoms with Crippen LogP contribution in [0.4, 0.5) is 10.5 Å². The third-order valence-electron chi connectivity index (χ3n) is 2.44. The number of carbonyl (C=O) groups excluding carboxylic acids is 2. The number of carbonyl (C=O) groups is 2. The normalized spacial score (nSPS) is 11.8. The number of benzene rings is 1. The van der Waals surface area contributed by atoms with E-state index in [-0.39, 0.29) is 5.92 Å². The second-order valence-electron chi connectivity index (χ2n) is 4.21. The third-order valence-corrected chi connectivity index (χ3v) is 2.44. The van der Waals surface area contributed by atoms with Crippen molar-refractivity contribution < 1.29 is 14.3 Å². The van der Waals surface area contributed by atoms with Gasteiger partial charge in [-0.15, -0.1) is 0 Å². The average molecular weight is 250 g/mol. The molecule has 5 heteroatoms. The Morgan fingerprint density at radius 1 is 1.17 bits per heavy atom. The topological polar surface area (TPSA) is 67.4 Å². The molecule has 0 aliphatic heterocycles. The summed E-state index contributed by atoms with van der Waals surface area (Å²) >= 11 is 0. The van der Waals surface area contributed by atoms with Gasteiger partial charge < -0.3 is 15.4 Å². The van der Waals surface area contributed by atoms with Crippen LogP contribution in [0.15, 0.2) is 30.3 Å². The van der Waals surface area contributed by atoms with Crippen molar-refractivity contribution >= 4 is 17.7 Å². The second kappa shape index (κ2) is 6.64. The molecular weight excluding hydrogens is 232 g/mol. The van der Waals surface area contributed by atoms with E-state index in [4.69, 9.17) is 0 Å². The Morgan fingerprint density at radius 2 is 1.78 bits per heavy atom. The summed E-state index contributed by atoms with van der Waals surface area (Å²) in [6.45, 7) is 3.68. The zero-order chi connectivity index (χ0) is 13.5. The maximum Gasteiger partial charge on any atom is 0.328 e. The van der Waals surface area contributed by atoms with E-state index in [0.29, 0.717) is 5.69 Å². The van der Waals surface area contributed by atoms with Gasteiger partial charge in [-0.25, -0.2) is 9.59 Å². The Balaban J connectivity index is 2.60. The fraction of sp³-hybridized carbons (Fsp3) is 0.385. The van der Waals surface area contributed by atoms with Gasteiger partial charge in [-0.05, 0) is 18.1 Å². The first-order valence-corrected chi connectivity index (χ1v) is 5.75. The molecule has 18 heavy (non-hydrogen) atoms. The Bertz CT molecular complexity index is 404. The zero-order valence-electron chi connectivity index (χ0n) is 10.8. The van der Waals surface area contributed by atoms with Crippen LogP contribution in [0.1, 0.15) is 13.8 Å². The van der Waals surface area contributed by atoms with Crippen molar-refractivity contribution in [1.82, 2.24) is 5.32 Å².